The van der Waals surface area contributed by atoms with Crippen molar-refractivity contribution >= 4 is 17.7 Å². The van der Waals surface area contributed by atoms with Crippen LogP contribution in [-0.4, -0.2) is 58.3 Å². The van der Waals surface area contributed by atoms with Crippen LogP contribution in [0, 0.1) is 17.3 Å². The van der Waals surface area contributed by atoms with Crippen LogP contribution < -0.4 is 4.90 Å². The van der Waals surface area contributed by atoms with Gasteiger partial charge in [0.05, 0.1) is 11.8 Å². The first kappa shape index (κ1) is 15.7. The summed E-state index contributed by atoms with van der Waals surface area (Å²) in [7, 11) is 0. The van der Waals surface area contributed by atoms with E-state index in [1.165, 1.54) is 0 Å². The summed E-state index contributed by atoms with van der Waals surface area (Å²) in [5.41, 5.74) is -0.445. The van der Waals surface area contributed by atoms with Crippen molar-refractivity contribution in [3.05, 3.63) is 18.3 Å². The highest BCUT2D eigenvalue weighted by Gasteiger charge is 2.66. The molecule has 0 bridgehead atoms. The SMILES string of the molecule is CC1(C)[C@H](C(=O)O)[C@@H]1C(=O)N1CCCN(c2cccnn2)CC1. The van der Waals surface area contributed by atoms with Crippen LogP contribution in [0.2, 0.25) is 0 Å². The Kier molecular flexibility index (Phi) is 3.95. The Hall–Kier alpha value is -2.18. The number of hydrogen-bond donors (Lipinski definition) is 1. The molecule has 1 aliphatic heterocycles. The van der Waals surface area contributed by atoms with Gasteiger partial charge < -0.3 is 14.9 Å². The Labute approximate surface area is 135 Å². The second-order valence-corrected chi connectivity index (χ2v) is 6.86. The normalized spacial score (nSPS) is 26.5. The quantitative estimate of drug-likeness (QED) is 0.890. The number of carbonyl (C=O) groups excluding carboxylic acids is 1. The summed E-state index contributed by atoms with van der Waals surface area (Å²) in [5.74, 6) is -1.04. The van der Waals surface area contributed by atoms with Gasteiger partial charge in [0.2, 0.25) is 5.91 Å². The largest absolute Gasteiger partial charge is 0.481 e. The molecule has 2 heterocycles. The minimum Gasteiger partial charge on any atom is -0.481 e. The van der Waals surface area contributed by atoms with Gasteiger partial charge in [-0.25, -0.2) is 0 Å². The van der Waals surface area contributed by atoms with Crippen molar-refractivity contribution in [2.75, 3.05) is 31.1 Å². The molecule has 0 unspecified atom stereocenters. The van der Waals surface area contributed by atoms with Crippen LogP contribution in [-0.2, 0) is 9.59 Å². The van der Waals surface area contributed by atoms with Gasteiger partial charge in [-0.1, -0.05) is 13.8 Å². The van der Waals surface area contributed by atoms with E-state index in [0.717, 1.165) is 18.8 Å². The van der Waals surface area contributed by atoms with E-state index in [-0.39, 0.29) is 5.91 Å². The third kappa shape index (κ3) is 2.87. The molecule has 0 spiro atoms. The second kappa shape index (κ2) is 5.79. The first-order valence-electron chi connectivity index (χ1n) is 7.97. The molecule has 1 aliphatic carbocycles. The van der Waals surface area contributed by atoms with E-state index in [1.807, 2.05) is 30.9 Å². The highest BCUT2D eigenvalue weighted by atomic mass is 16.4. The number of aliphatic carboxylic acids is 1. The lowest BCUT2D eigenvalue weighted by atomic mass is 10.1. The summed E-state index contributed by atoms with van der Waals surface area (Å²) in [5, 5.41) is 17.3. The van der Waals surface area contributed by atoms with Gasteiger partial charge in [0.25, 0.3) is 0 Å². The molecule has 2 fully saturated rings. The molecule has 1 saturated heterocycles. The van der Waals surface area contributed by atoms with E-state index in [0.29, 0.717) is 19.6 Å². The summed E-state index contributed by atoms with van der Waals surface area (Å²) in [6.45, 7) is 6.48. The number of amides is 1. The zero-order valence-corrected chi connectivity index (χ0v) is 13.5. The molecule has 7 heteroatoms. The first-order valence-corrected chi connectivity index (χ1v) is 7.97. The van der Waals surface area contributed by atoms with Gasteiger partial charge >= 0.3 is 5.97 Å². The van der Waals surface area contributed by atoms with Crippen LogP contribution in [0.25, 0.3) is 0 Å². The molecule has 1 N–H and O–H groups in total. The zero-order valence-electron chi connectivity index (χ0n) is 13.5. The molecule has 124 valence electrons. The number of carbonyl (C=O) groups is 2. The van der Waals surface area contributed by atoms with Crippen molar-refractivity contribution in [1.82, 2.24) is 15.1 Å². The van der Waals surface area contributed by atoms with E-state index in [4.69, 9.17) is 0 Å². The minimum absolute atomic E-state index is 0.0246. The van der Waals surface area contributed by atoms with Crippen LogP contribution in [0.15, 0.2) is 18.3 Å². The van der Waals surface area contributed by atoms with Crippen LogP contribution in [0.3, 0.4) is 0 Å². The number of nitrogens with zero attached hydrogens (tertiary/aromatic N) is 4. The van der Waals surface area contributed by atoms with Crippen molar-refractivity contribution in [3.8, 4) is 0 Å². The molecule has 3 rings (SSSR count). The predicted molar refractivity (Wildman–Crippen MR) is 83.8 cm³/mol. The van der Waals surface area contributed by atoms with Gasteiger partial charge in [-0.3, -0.25) is 9.59 Å². The summed E-state index contributed by atoms with van der Waals surface area (Å²) in [6.07, 6.45) is 2.48. The Balaban J connectivity index is 1.65. The summed E-state index contributed by atoms with van der Waals surface area (Å²) >= 11 is 0. The summed E-state index contributed by atoms with van der Waals surface area (Å²) in [6, 6.07) is 3.76. The maximum absolute atomic E-state index is 12.7. The lowest BCUT2D eigenvalue weighted by Gasteiger charge is -2.23. The number of carboxylic acid groups (broad SMARTS) is 1. The van der Waals surface area contributed by atoms with E-state index in [2.05, 4.69) is 15.1 Å². The van der Waals surface area contributed by atoms with E-state index in [1.54, 1.807) is 6.20 Å². The molecular weight excluding hydrogens is 296 g/mol. The highest BCUT2D eigenvalue weighted by molar-refractivity contribution is 5.91. The number of rotatable bonds is 3. The number of carboxylic acids is 1. The molecule has 1 amide bonds. The number of anilines is 1. The Morgan fingerprint density at radius 2 is 2.00 bits per heavy atom. The number of aromatic nitrogens is 2. The minimum atomic E-state index is -0.871. The van der Waals surface area contributed by atoms with Gasteiger partial charge in [0, 0.05) is 32.4 Å². The Bertz CT molecular complexity index is 605. The molecule has 23 heavy (non-hydrogen) atoms. The number of hydrogen-bond acceptors (Lipinski definition) is 5. The van der Waals surface area contributed by atoms with Crippen molar-refractivity contribution in [2.24, 2.45) is 17.3 Å². The fraction of sp³-hybridized carbons (Fsp3) is 0.625. The van der Waals surface area contributed by atoms with Crippen molar-refractivity contribution in [1.29, 1.82) is 0 Å². The van der Waals surface area contributed by atoms with Crippen molar-refractivity contribution in [2.45, 2.75) is 20.3 Å². The molecule has 0 aromatic carbocycles. The molecule has 1 aromatic heterocycles. The van der Waals surface area contributed by atoms with Gasteiger partial charge in [-0.2, -0.15) is 5.10 Å². The zero-order chi connectivity index (χ0) is 16.6. The van der Waals surface area contributed by atoms with Crippen LogP contribution in [0.4, 0.5) is 5.82 Å². The average molecular weight is 318 g/mol. The molecule has 0 radical (unpaired) electrons. The fourth-order valence-corrected chi connectivity index (χ4v) is 3.59. The second-order valence-electron chi connectivity index (χ2n) is 6.86. The van der Waals surface area contributed by atoms with Crippen LogP contribution in [0.5, 0.6) is 0 Å². The third-order valence-electron chi connectivity index (χ3n) is 5.05. The maximum Gasteiger partial charge on any atom is 0.307 e. The van der Waals surface area contributed by atoms with Gasteiger partial charge in [0.15, 0.2) is 5.82 Å². The van der Waals surface area contributed by atoms with Crippen LogP contribution >= 0.6 is 0 Å². The average Bonchev–Trinajstić information content (AvgIpc) is 3.18. The highest BCUT2D eigenvalue weighted by Crippen LogP contribution is 2.59. The third-order valence-corrected chi connectivity index (χ3v) is 5.05. The lowest BCUT2D eigenvalue weighted by Crippen LogP contribution is -2.37. The van der Waals surface area contributed by atoms with E-state index < -0.39 is 23.2 Å². The molecular formula is C16H22N4O3. The fourth-order valence-electron chi connectivity index (χ4n) is 3.59. The maximum atomic E-state index is 12.7. The first-order chi connectivity index (χ1) is 10.9. The van der Waals surface area contributed by atoms with E-state index in [9.17, 15) is 14.7 Å². The molecule has 2 atom stereocenters. The molecule has 1 aromatic rings. The topological polar surface area (TPSA) is 86.6 Å². The Morgan fingerprint density at radius 3 is 2.61 bits per heavy atom. The predicted octanol–water partition coefficient (Wildman–Crippen LogP) is 0.872. The van der Waals surface area contributed by atoms with Gasteiger partial charge in [0.1, 0.15) is 0 Å². The monoisotopic (exact) mass is 318 g/mol. The molecule has 7 nitrogen and oxygen atoms in total. The lowest BCUT2D eigenvalue weighted by molar-refractivity contribution is -0.142. The van der Waals surface area contributed by atoms with Gasteiger partial charge in [-0.15, -0.1) is 5.10 Å². The smallest absolute Gasteiger partial charge is 0.307 e. The molecule has 1 saturated carbocycles. The Morgan fingerprint density at radius 1 is 1.22 bits per heavy atom. The van der Waals surface area contributed by atoms with Gasteiger partial charge in [-0.05, 0) is 24.0 Å². The summed E-state index contributed by atoms with van der Waals surface area (Å²) < 4.78 is 0. The summed E-state index contributed by atoms with van der Waals surface area (Å²) in [4.78, 5) is 27.9. The van der Waals surface area contributed by atoms with Crippen molar-refractivity contribution < 1.29 is 14.7 Å². The van der Waals surface area contributed by atoms with Crippen LogP contribution in [0.1, 0.15) is 20.3 Å². The molecule has 2 aliphatic rings. The van der Waals surface area contributed by atoms with E-state index >= 15 is 0 Å². The standard InChI is InChI=1S/C16H22N4O3/c1-16(2)12(13(16)15(22)23)14(21)20-8-4-7-19(9-10-20)11-5-3-6-17-18-11/h3,5-6,12-13H,4,7-10H2,1-2H3,(H,22,23)/t12-,13+/m1/s1. The van der Waals surface area contributed by atoms with Crippen molar-refractivity contribution in [3.63, 3.8) is 0 Å².